The van der Waals surface area contributed by atoms with Crippen LogP contribution in [-0.4, -0.2) is 51.3 Å². The Bertz CT molecular complexity index is 141. The van der Waals surface area contributed by atoms with Gasteiger partial charge in [0.15, 0.2) is 0 Å². The first-order chi connectivity index (χ1) is 6.26. The van der Waals surface area contributed by atoms with Crippen LogP contribution in [0, 0.1) is 5.92 Å². The van der Waals surface area contributed by atoms with Crippen LogP contribution in [0.2, 0.25) is 0 Å². The smallest absolute Gasteiger partial charge is 0.0710 e. The van der Waals surface area contributed by atoms with Gasteiger partial charge in [0, 0.05) is 26.7 Å². The normalized spacial score (nSPS) is 26.5. The van der Waals surface area contributed by atoms with Crippen LogP contribution in [0.5, 0.6) is 0 Å². The monoisotopic (exact) mass is 186 g/mol. The number of hydrogen-bond donors (Lipinski definition) is 1. The molecule has 3 nitrogen and oxygen atoms in total. The van der Waals surface area contributed by atoms with Crippen LogP contribution in [0.3, 0.4) is 0 Å². The van der Waals surface area contributed by atoms with Gasteiger partial charge in [-0.2, -0.15) is 0 Å². The summed E-state index contributed by atoms with van der Waals surface area (Å²) >= 11 is 0. The number of likely N-dealkylation sites (tertiary alicyclic amines) is 1. The average Bonchev–Trinajstić information content (AvgIpc) is 2.52. The lowest BCUT2D eigenvalue weighted by Crippen LogP contribution is -2.31. The summed E-state index contributed by atoms with van der Waals surface area (Å²) in [5.74, 6) is 0.737. The van der Waals surface area contributed by atoms with Gasteiger partial charge in [-0.25, -0.2) is 0 Å². The van der Waals surface area contributed by atoms with Gasteiger partial charge in [0.2, 0.25) is 0 Å². The zero-order chi connectivity index (χ0) is 9.68. The SMILES string of the molecule is CNCC(C)CN1CCC(OC)C1. The number of ether oxygens (including phenoxy) is 1. The lowest BCUT2D eigenvalue weighted by atomic mass is 10.2. The summed E-state index contributed by atoms with van der Waals surface area (Å²) in [7, 11) is 3.82. The number of methoxy groups -OCH3 is 1. The Labute approximate surface area is 81.4 Å². The summed E-state index contributed by atoms with van der Waals surface area (Å²) in [4.78, 5) is 2.50. The second-order valence-corrected chi connectivity index (χ2v) is 4.07. The van der Waals surface area contributed by atoms with Crippen molar-refractivity contribution in [3.05, 3.63) is 0 Å². The summed E-state index contributed by atoms with van der Waals surface area (Å²) in [5.41, 5.74) is 0. The molecule has 2 atom stereocenters. The molecule has 0 bridgehead atoms. The molecule has 1 heterocycles. The molecule has 0 aromatic rings. The molecule has 0 radical (unpaired) electrons. The maximum absolute atomic E-state index is 5.33. The molecule has 1 rings (SSSR count). The predicted octanol–water partition coefficient (Wildman–Crippen LogP) is 0.563. The molecular weight excluding hydrogens is 164 g/mol. The largest absolute Gasteiger partial charge is 0.380 e. The number of rotatable bonds is 5. The van der Waals surface area contributed by atoms with Gasteiger partial charge in [0.1, 0.15) is 0 Å². The van der Waals surface area contributed by atoms with Crippen LogP contribution in [0.1, 0.15) is 13.3 Å². The molecule has 0 saturated carbocycles. The molecule has 13 heavy (non-hydrogen) atoms. The van der Waals surface area contributed by atoms with E-state index in [1.165, 1.54) is 19.5 Å². The quantitative estimate of drug-likeness (QED) is 0.679. The number of nitrogens with zero attached hydrogens (tertiary/aromatic N) is 1. The minimum atomic E-state index is 0.474. The minimum Gasteiger partial charge on any atom is -0.380 e. The molecule has 1 aliphatic rings. The Morgan fingerprint density at radius 1 is 1.62 bits per heavy atom. The Hall–Kier alpha value is -0.120. The van der Waals surface area contributed by atoms with Gasteiger partial charge in [-0.3, -0.25) is 0 Å². The molecule has 0 aliphatic carbocycles. The topological polar surface area (TPSA) is 24.5 Å². The van der Waals surface area contributed by atoms with Crippen molar-refractivity contribution in [2.24, 2.45) is 5.92 Å². The highest BCUT2D eigenvalue weighted by Gasteiger charge is 2.22. The molecular formula is C10H22N2O. The van der Waals surface area contributed by atoms with E-state index < -0.39 is 0 Å². The van der Waals surface area contributed by atoms with Gasteiger partial charge in [0.25, 0.3) is 0 Å². The molecule has 2 unspecified atom stereocenters. The highest BCUT2D eigenvalue weighted by molar-refractivity contribution is 4.77. The number of hydrogen-bond acceptors (Lipinski definition) is 3. The first kappa shape index (κ1) is 11.0. The lowest BCUT2D eigenvalue weighted by molar-refractivity contribution is 0.106. The van der Waals surface area contributed by atoms with Crippen molar-refractivity contribution >= 4 is 0 Å². The van der Waals surface area contributed by atoms with E-state index in [9.17, 15) is 0 Å². The van der Waals surface area contributed by atoms with Crippen molar-refractivity contribution in [1.29, 1.82) is 0 Å². The summed E-state index contributed by atoms with van der Waals surface area (Å²) in [6.45, 7) is 6.91. The molecule has 0 amide bonds. The highest BCUT2D eigenvalue weighted by atomic mass is 16.5. The second kappa shape index (κ2) is 5.58. The summed E-state index contributed by atoms with van der Waals surface area (Å²) in [6, 6.07) is 0. The van der Waals surface area contributed by atoms with Crippen LogP contribution in [0.4, 0.5) is 0 Å². The van der Waals surface area contributed by atoms with Crippen LogP contribution in [0.15, 0.2) is 0 Å². The summed E-state index contributed by atoms with van der Waals surface area (Å²) < 4.78 is 5.33. The van der Waals surface area contributed by atoms with Crippen molar-refractivity contribution in [2.75, 3.05) is 40.3 Å². The molecule has 1 N–H and O–H groups in total. The summed E-state index contributed by atoms with van der Waals surface area (Å²) in [5, 5.41) is 3.21. The average molecular weight is 186 g/mol. The van der Waals surface area contributed by atoms with Crippen LogP contribution >= 0.6 is 0 Å². The molecule has 1 saturated heterocycles. The fourth-order valence-electron chi connectivity index (χ4n) is 2.01. The third-order valence-electron chi connectivity index (χ3n) is 2.68. The van der Waals surface area contributed by atoms with Gasteiger partial charge >= 0.3 is 0 Å². The van der Waals surface area contributed by atoms with Crippen molar-refractivity contribution in [1.82, 2.24) is 10.2 Å². The molecule has 0 spiro atoms. The van der Waals surface area contributed by atoms with Crippen molar-refractivity contribution in [3.63, 3.8) is 0 Å². The fourth-order valence-corrected chi connectivity index (χ4v) is 2.01. The molecule has 0 aromatic heterocycles. The van der Waals surface area contributed by atoms with Crippen molar-refractivity contribution < 1.29 is 4.74 Å². The van der Waals surface area contributed by atoms with Crippen LogP contribution < -0.4 is 5.32 Å². The van der Waals surface area contributed by atoms with E-state index in [1.54, 1.807) is 0 Å². The van der Waals surface area contributed by atoms with E-state index in [0.29, 0.717) is 6.10 Å². The maximum atomic E-state index is 5.33. The summed E-state index contributed by atoms with van der Waals surface area (Å²) in [6.07, 6.45) is 1.67. The van der Waals surface area contributed by atoms with E-state index in [2.05, 4.69) is 17.1 Å². The van der Waals surface area contributed by atoms with E-state index in [1.807, 2.05) is 14.2 Å². The first-order valence-corrected chi connectivity index (χ1v) is 5.16. The fraction of sp³-hybridized carbons (Fsp3) is 1.00. The molecule has 1 aliphatic heterocycles. The van der Waals surface area contributed by atoms with Crippen LogP contribution in [-0.2, 0) is 4.74 Å². The predicted molar refractivity (Wildman–Crippen MR) is 54.9 cm³/mol. The Morgan fingerprint density at radius 2 is 2.38 bits per heavy atom. The standard InChI is InChI=1S/C10H22N2O/c1-9(6-11-2)7-12-5-4-10(8-12)13-3/h9-11H,4-8H2,1-3H3. The Kier molecular flexibility index (Phi) is 4.70. The van der Waals surface area contributed by atoms with Gasteiger partial charge < -0.3 is 15.0 Å². The zero-order valence-corrected chi connectivity index (χ0v) is 9.05. The van der Waals surface area contributed by atoms with Crippen molar-refractivity contribution in [2.45, 2.75) is 19.4 Å². The molecule has 0 aromatic carbocycles. The van der Waals surface area contributed by atoms with Gasteiger partial charge in [-0.15, -0.1) is 0 Å². The van der Waals surface area contributed by atoms with Crippen molar-refractivity contribution in [3.8, 4) is 0 Å². The van der Waals surface area contributed by atoms with Gasteiger partial charge in [0.05, 0.1) is 6.10 Å². The third kappa shape index (κ3) is 3.63. The first-order valence-electron chi connectivity index (χ1n) is 5.16. The second-order valence-electron chi connectivity index (χ2n) is 4.07. The Morgan fingerprint density at radius 3 is 2.92 bits per heavy atom. The molecule has 3 heteroatoms. The Balaban J connectivity index is 2.16. The van der Waals surface area contributed by atoms with E-state index >= 15 is 0 Å². The zero-order valence-electron chi connectivity index (χ0n) is 9.05. The van der Waals surface area contributed by atoms with E-state index in [-0.39, 0.29) is 0 Å². The minimum absolute atomic E-state index is 0.474. The lowest BCUT2D eigenvalue weighted by Gasteiger charge is -2.20. The molecule has 78 valence electrons. The third-order valence-corrected chi connectivity index (χ3v) is 2.68. The van der Waals surface area contributed by atoms with Gasteiger partial charge in [-0.05, 0) is 25.9 Å². The number of nitrogens with one attached hydrogen (secondary N) is 1. The highest BCUT2D eigenvalue weighted by Crippen LogP contribution is 2.13. The molecule has 1 fully saturated rings. The van der Waals surface area contributed by atoms with E-state index in [0.717, 1.165) is 19.0 Å². The van der Waals surface area contributed by atoms with E-state index in [4.69, 9.17) is 4.74 Å². The van der Waals surface area contributed by atoms with Gasteiger partial charge in [-0.1, -0.05) is 6.92 Å². The maximum Gasteiger partial charge on any atom is 0.0710 e. The van der Waals surface area contributed by atoms with Crippen LogP contribution in [0.25, 0.3) is 0 Å².